The summed E-state index contributed by atoms with van der Waals surface area (Å²) in [5, 5.41) is 22.4. The van der Waals surface area contributed by atoms with E-state index in [4.69, 9.17) is 0 Å². The van der Waals surface area contributed by atoms with Gasteiger partial charge in [0.05, 0.1) is 11.8 Å². The van der Waals surface area contributed by atoms with Crippen LogP contribution in [0.3, 0.4) is 0 Å². The van der Waals surface area contributed by atoms with Crippen LogP contribution in [0, 0.1) is 0 Å². The number of rotatable bonds is 3. The molecule has 0 aliphatic rings. The maximum absolute atomic E-state index is 9.88. The number of halogens is 1. The number of nitrogens with zero attached hydrogens (tertiary/aromatic N) is 4. The summed E-state index contributed by atoms with van der Waals surface area (Å²) in [6.07, 6.45) is -0.612. The first-order valence-corrected chi connectivity index (χ1v) is 7.28. The second-order valence-corrected chi connectivity index (χ2v) is 5.56. The Kier molecular flexibility index (Phi) is 3.81. The smallest absolute Gasteiger partial charge is 0.205 e. The van der Waals surface area contributed by atoms with Crippen molar-refractivity contribution < 1.29 is 5.11 Å². The first-order valence-electron chi connectivity index (χ1n) is 6.48. The molecule has 2 aromatic carbocycles. The SMILES string of the molecule is CC(O)c1ccc(Br)cc1-n1nnc(-c2ccccc2)n1. The lowest BCUT2D eigenvalue weighted by Gasteiger charge is -2.10. The largest absolute Gasteiger partial charge is 0.389 e. The highest BCUT2D eigenvalue weighted by atomic mass is 79.9. The molecule has 106 valence electrons. The second kappa shape index (κ2) is 5.75. The van der Waals surface area contributed by atoms with Gasteiger partial charge in [0, 0.05) is 15.6 Å². The molecule has 1 atom stereocenters. The van der Waals surface area contributed by atoms with E-state index in [0.717, 1.165) is 15.6 Å². The van der Waals surface area contributed by atoms with Gasteiger partial charge in [0.15, 0.2) is 0 Å². The standard InChI is InChI=1S/C15H13BrN4O/c1-10(21)13-8-7-12(16)9-14(13)20-18-15(17-19-20)11-5-3-2-4-6-11/h2-10,21H,1H3. The number of aliphatic hydroxyl groups is 1. The van der Waals surface area contributed by atoms with Crippen LogP contribution in [-0.2, 0) is 0 Å². The van der Waals surface area contributed by atoms with Crippen molar-refractivity contribution in [2.75, 3.05) is 0 Å². The van der Waals surface area contributed by atoms with E-state index < -0.39 is 6.10 Å². The molecule has 5 nitrogen and oxygen atoms in total. The molecule has 0 fully saturated rings. The normalized spacial score (nSPS) is 12.3. The topological polar surface area (TPSA) is 63.8 Å². The molecule has 0 amide bonds. The summed E-state index contributed by atoms with van der Waals surface area (Å²) in [6, 6.07) is 15.2. The number of hydrogen-bond acceptors (Lipinski definition) is 4. The highest BCUT2D eigenvalue weighted by molar-refractivity contribution is 9.10. The molecule has 1 heterocycles. The van der Waals surface area contributed by atoms with Gasteiger partial charge in [0.1, 0.15) is 0 Å². The third kappa shape index (κ3) is 2.86. The maximum Gasteiger partial charge on any atom is 0.205 e. The average Bonchev–Trinajstić information content (AvgIpc) is 2.97. The number of hydrogen-bond donors (Lipinski definition) is 1. The minimum Gasteiger partial charge on any atom is -0.389 e. The van der Waals surface area contributed by atoms with Crippen molar-refractivity contribution in [1.29, 1.82) is 0 Å². The first-order chi connectivity index (χ1) is 10.1. The van der Waals surface area contributed by atoms with Crippen LogP contribution < -0.4 is 0 Å². The van der Waals surface area contributed by atoms with Gasteiger partial charge >= 0.3 is 0 Å². The van der Waals surface area contributed by atoms with Crippen LogP contribution >= 0.6 is 15.9 Å². The highest BCUT2D eigenvalue weighted by Gasteiger charge is 2.14. The molecule has 0 radical (unpaired) electrons. The summed E-state index contributed by atoms with van der Waals surface area (Å²) in [5.74, 6) is 0.548. The zero-order valence-electron chi connectivity index (χ0n) is 11.3. The van der Waals surface area contributed by atoms with Gasteiger partial charge in [-0.2, -0.15) is 0 Å². The molecule has 0 saturated heterocycles. The highest BCUT2D eigenvalue weighted by Crippen LogP contribution is 2.25. The zero-order chi connectivity index (χ0) is 14.8. The van der Waals surface area contributed by atoms with Gasteiger partial charge in [-0.25, -0.2) is 0 Å². The monoisotopic (exact) mass is 344 g/mol. The Bertz CT molecular complexity index is 755. The van der Waals surface area contributed by atoms with Gasteiger partial charge in [-0.05, 0) is 24.3 Å². The van der Waals surface area contributed by atoms with Gasteiger partial charge in [0.2, 0.25) is 5.82 Å². The molecular weight excluding hydrogens is 332 g/mol. The van der Waals surface area contributed by atoms with E-state index in [1.165, 1.54) is 4.80 Å². The minimum absolute atomic E-state index is 0.548. The van der Waals surface area contributed by atoms with Gasteiger partial charge in [0.25, 0.3) is 0 Å². The van der Waals surface area contributed by atoms with Crippen LogP contribution in [0.4, 0.5) is 0 Å². The van der Waals surface area contributed by atoms with E-state index in [1.807, 2.05) is 48.5 Å². The van der Waals surface area contributed by atoms with E-state index in [2.05, 4.69) is 31.3 Å². The van der Waals surface area contributed by atoms with Gasteiger partial charge in [-0.15, -0.1) is 15.0 Å². The Morgan fingerprint density at radius 3 is 2.62 bits per heavy atom. The Morgan fingerprint density at radius 2 is 1.90 bits per heavy atom. The van der Waals surface area contributed by atoms with Crippen molar-refractivity contribution >= 4 is 15.9 Å². The van der Waals surface area contributed by atoms with Crippen molar-refractivity contribution in [1.82, 2.24) is 20.2 Å². The van der Waals surface area contributed by atoms with E-state index in [1.54, 1.807) is 6.92 Å². The number of tetrazole rings is 1. The Hall–Kier alpha value is -2.05. The van der Waals surface area contributed by atoms with E-state index in [0.29, 0.717) is 11.5 Å². The van der Waals surface area contributed by atoms with E-state index in [-0.39, 0.29) is 0 Å². The fourth-order valence-electron chi connectivity index (χ4n) is 2.06. The molecule has 6 heteroatoms. The summed E-state index contributed by atoms with van der Waals surface area (Å²) < 4.78 is 0.889. The fourth-order valence-corrected chi connectivity index (χ4v) is 2.41. The Balaban J connectivity index is 2.06. The fraction of sp³-hybridized carbons (Fsp3) is 0.133. The second-order valence-electron chi connectivity index (χ2n) is 4.65. The molecule has 1 unspecified atom stereocenters. The molecule has 3 aromatic rings. The van der Waals surface area contributed by atoms with Crippen LogP contribution in [0.5, 0.6) is 0 Å². The van der Waals surface area contributed by atoms with Gasteiger partial charge < -0.3 is 5.11 Å². The molecule has 1 N–H and O–H groups in total. The number of benzene rings is 2. The summed E-state index contributed by atoms with van der Waals surface area (Å²) in [5.41, 5.74) is 2.35. The van der Waals surface area contributed by atoms with E-state index >= 15 is 0 Å². The third-order valence-corrected chi connectivity index (χ3v) is 3.60. The van der Waals surface area contributed by atoms with Gasteiger partial charge in [-0.3, -0.25) is 0 Å². The molecule has 0 aliphatic heterocycles. The molecule has 21 heavy (non-hydrogen) atoms. The van der Waals surface area contributed by atoms with Crippen LogP contribution in [0.2, 0.25) is 0 Å². The Labute approximate surface area is 130 Å². The zero-order valence-corrected chi connectivity index (χ0v) is 12.9. The van der Waals surface area contributed by atoms with Crippen molar-refractivity contribution in [3.8, 4) is 17.1 Å². The summed E-state index contributed by atoms with van der Waals surface area (Å²) >= 11 is 3.42. The predicted molar refractivity (Wildman–Crippen MR) is 82.9 cm³/mol. The molecule has 0 spiro atoms. The van der Waals surface area contributed by atoms with Crippen molar-refractivity contribution in [2.24, 2.45) is 0 Å². The lowest BCUT2D eigenvalue weighted by molar-refractivity contribution is 0.198. The van der Waals surface area contributed by atoms with Crippen LogP contribution in [0.15, 0.2) is 53.0 Å². The molecule has 1 aromatic heterocycles. The Morgan fingerprint density at radius 1 is 1.14 bits per heavy atom. The predicted octanol–water partition coefficient (Wildman–Crippen LogP) is 3.15. The molecule has 0 aliphatic carbocycles. The lowest BCUT2D eigenvalue weighted by atomic mass is 10.1. The lowest BCUT2D eigenvalue weighted by Crippen LogP contribution is -2.06. The summed E-state index contributed by atoms with van der Waals surface area (Å²) in [6.45, 7) is 1.71. The minimum atomic E-state index is -0.612. The van der Waals surface area contributed by atoms with E-state index in [9.17, 15) is 5.11 Å². The van der Waals surface area contributed by atoms with Crippen LogP contribution in [0.25, 0.3) is 17.1 Å². The van der Waals surface area contributed by atoms with Gasteiger partial charge in [-0.1, -0.05) is 52.3 Å². The average molecular weight is 345 g/mol. The van der Waals surface area contributed by atoms with Crippen molar-refractivity contribution in [2.45, 2.75) is 13.0 Å². The quantitative estimate of drug-likeness (QED) is 0.792. The number of aliphatic hydroxyl groups excluding tert-OH is 1. The molecule has 0 saturated carbocycles. The van der Waals surface area contributed by atoms with Crippen LogP contribution in [0.1, 0.15) is 18.6 Å². The third-order valence-electron chi connectivity index (χ3n) is 3.10. The van der Waals surface area contributed by atoms with Crippen molar-refractivity contribution in [3.05, 3.63) is 58.6 Å². The molecule has 3 rings (SSSR count). The molecular formula is C15H13BrN4O. The summed E-state index contributed by atoms with van der Waals surface area (Å²) in [4.78, 5) is 1.44. The van der Waals surface area contributed by atoms with Crippen molar-refractivity contribution in [3.63, 3.8) is 0 Å². The van der Waals surface area contributed by atoms with Crippen LogP contribution in [-0.4, -0.2) is 25.3 Å². The number of aromatic nitrogens is 4. The maximum atomic E-state index is 9.88. The first kappa shape index (κ1) is 13.9. The molecule has 0 bridgehead atoms. The summed E-state index contributed by atoms with van der Waals surface area (Å²) in [7, 11) is 0.